The SMILES string of the molecule is C[C@@H](CC(=O)Oc1ccc(S(=O)(=O)[O-])cc1)CC(C)(C)C.[Na+]. The van der Waals surface area contributed by atoms with Gasteiger partial charge in [0.2, 0.25) is 0 Å². The largest absolute Gasteiger partial charge is 1.00 e. The molecule has 0 saturated heterocycles. The van der Waals surface area contributed by atoms with Crippen LogP contribution in [0.1, 0.15) is 40.5 Å². The van der Waals surface area contributed by atoms with Crippen LogP contribution >= 0.6 is 0 Å². The molecule has 1 atom stereocenters. The second kappa shape index (κ2) is 8.45. The van der Waals surface area contributed by atoms with Gasteiger partial charge in [-0.25, -0.2) is 8.42 Å². The van der Waals surface area contributed by atoms with Crippen molar-refractivity contribution in [2.24, 2.45) is 11.3 Å². The molecule has 0 bridgehead atoms. The van der Waals surface area contributed by atoms with Crippen molar-refractivity contribution < 1.29 is 52.1 Å². The molecule has 7 heteroatoms. The molecule has 0 aromatic heterocycles. The molecule has 0 aliphatic carbocycles. The van der Waals surface area contributed by atoms with Gasteiger partial charge in [0, 0.05) is 6.42 Å². The number of esters is 1. The number of rotatable bonds is 5. The Morgan fingerprint density at radius 3 is 2.14 bits per heavy atom. The summed E-state index contributed by atoms with van der Waals surface area (Å²) < 4.78 is 37.5. The molecule has 0 radical (unpaired) electrons. The smallest absolute Gasteiger partial charge is 0.744 e. The van der Waals surface area contributed by atoms with E-state index < -0.39 is 10.1 Å². The first-order valence-electron chi connectivity index (χ1n) is 6.74. The summed E-state index contributed by atoms with van der Waals surface area (Å²) in [7, 11) is -4.48. The summed E-state index contributed by atoms with van der Waals surface area (Å²) in [6.07, 6.45) is 1.19. The van der Waals surface area contributed by atoms with Gasteiger partial charge in [0.05, 0.1) is 4.90 Å². The Balaban J connectivity index is 0.00000441. The molecule has 22 heavy (non-hydrogen) atoms. The molecular weight excluding hydrogens is 315 g/mol. The Bertz CT molecular complexity index is 587. The van der Waals surface area contributed by atoms with Crippen molar-refractivity contribution >= 4 is 16.1 Å². The van der Waals surface area contributed by atoms with Gasteiger partial charge in [0.25, 0.3) is 0 Å². The first-order valence-corrected chi connectivity index (χ1v) is 8.15. The standard InChI is InChI=1S/C15H22O5S.Na/c1-11(10-15(2,3)4)9-14(16)20-12-5-7-13(8-6-12)21(17,18)19;/h5-8,11H,9-10H2,1-4H3,(H,17,18,19);/q;+1/p-1/t11-;/m0./s1. The number of benzene rings is 1. The second-order valence-electron chi connectivity index (χ2n) is 6.47. The summed E-state index contributed by atoms with van der Waals surface area (Å²) >= 11 is 0. The molecule has 0 unspecified atom stereocenters. The fraction of sp³-hybridized carbons (Fsp3) is 0.533. The van der Waals surface area contributed by atoms with Crippen molar-refractivity contribution in [3.05, 3.63) is 24.3 Å². The third-order valence-corrected chi connectivity index (χ3v) is 3.67. The third kappa shape index (κ3) is 8.29. The summed E-state index contributed by atoms with van der Waals surface area (Å²) in [4.78, 5) is 11.4. The van der Waals surface area contributed by atoms with E-state index in [2.05, 4.69) is 20.8 Å². The van der Waals surface area contributed by atoms with Crippen LogP contribution < -0.4 is 34.3 Å². The molecule has 0 spiro atoms. The summed E-state index contributed by atoms with van der Waals surface area (Å²) in [5.74, 6) is 0.0543. The number of carbonyl (C=O) groups excluding carboxylic acids is 1. The number of hydrogen-bond acceptors (Lipinski definition) is 5. The Labute approximate surface area is 154 Å². The molecule has 0 fully saturated rings. The van der Waals surface area contributed by atoms with Crippen LogP contribution in [0.2, 0.25) is 0 Å². The van der Waals surface area contributed by atoms with Crippen LogP contribution in [0, 0.1) is 11.3 Å². The van der Waals surface area contributed by atoms with Gasteiger partial charge in [0.1, 0.15) is 15.9 Å². The fourth-order valence-electron chi connectivity index (χ4n) is 2.25. The summed E-state index contributed by atoms with van der Waals surface area (Å²) in [6.45, 7) is 8.31. The minimum absolute atomic E-state index is 0. The van der Waals surface area contributed by atoms with Gasteiger partial charge in [-0.2, -0.15) is 0 Å². The maximum Gasteiger partial charge on any atom is 1.00 e. The van der Waals surface area contributed by atoms with Crippen LogP contribution in [0.4, 0.5) is 0 Å². The number of hydrogen-bond donors (Lipinski definition) is 0. The molecule has 0 amide bonds. The van der Waals surface area contributed by atoms with Gasteiger partial charge >= 0.3 is 35.5 Å². The van der Waals surface area contributed by atoms with Crippen LogP contribution in [0.25, 0.3) is 0 Å². The van der Waals surface area contributed by atoms with E-state index in [4.69, 9.17) is 4.74 Å². The molecule has 0 heterocycles. The van der Waals surface area contributed by atoms with E-state index in [0.717, 1.165) is 18.6 Å². The molecule has 0 aliphatic rings. The van der Waals surface area contributed by atoms with Crippen LogP contribution in [-0.2, 0) is 14.9 Å². The van der Waals surface area contributed by atoms with Crippen molar-refractivity contribution in [3.63, 3.8) is 0 Å². The van der Waals surface area contributed by atoms with Gasteiger partial charge in [-0.1, -0.05) is 27.7 Å². The Kier molecular flexibility index (Phi) is 8.30. The van der Waals surface area contributed by atoms with E-state index in [1.165, 1.54) is 12.1 Å². The fourth-order valence-corrected chi connectivity index (χ4v) is 2.72. The minimum Gasteiger partial charge on any atom is -0.744 e. The zero-order valence-electron chi connectivity index (χ0n) is 13.8. The zero-order valence-corrected chi connectivity index (χ0v) is 16.6. The summed E-state index contributed by atoms with van der Waals surface area (Å²) in [5, 5.41) is 0. The monoisotopic (exact) mass is 336 g/mol. The molecule has 0 aliphatic heterocycles. The van der Waals surface area contributed by atoms with Crippen molar-refractivity contribution in [2.75, 3.05) is 0 Å². The number of ether oxygens (including phenoxy) is 1. The molecule has 0 saturated carbocycles. The van der Waals surface area contributed by atoms with Gasteiger partial charge < -0.3 is 9.29 Å². The van der Waals surface area contributed by atoms with Crippen LogP contribution in [-0.4, -0.2) is 18.9 Å². The van der Waals surface area contributed by atoms with Crippen LogP contribution in [0.5, 0.6) is 5.75 Å². The van der Waals surface area contributed by atoms with E-state index in [1.807, 2.05) is 6.92 Å². The summed E-state index contributed by atoms with van der Waals surface area (Å²) in [5.41, 5.74) is 0.143. The van der Waals surface area contributed by atoms with Crippen molar-refractivity contribution in [2.45, 2.75) is 45.4 Å². The van der Waals surface area contributed by atoms with Crippen molar-refractivity contribution in [1.82, 2.24) is 0 Å². The Morgan fingerprint density at radius 1 is 1.23 bits per heavy atom. The molecule has 1 aromatic carbocycles. The maximum atomic E-state index is 11.8. The van der Waals surface area contributed by atoms with E-state index in [0.29, 0.717) is 6.42 Å². The van der Waals surface area contributed by atoms with Gasteiger partial charge in [-0.3, -0.25) is 4.79 Å². The molecule has 0 N–H and O–H groups in total. The topological polar surface area (TPSA) is 83.5 Å². The zero-order chi connectivity index (χ0) is 16.3. The minimum atomic E-state index is -4.48. The third-order valence-electron chi connectivity index (χ3n) is 2.82. The number of carbonyl (C=O) groups is 1. The predicted octanol–water partition coefficient (Wildman–Crippen LogP) is -0.0375. The maximum absolute atomic E-state index is 11.8. The Morgan fingerprint density at radius 2 is 1.73 bits per heavy atom. The molecular formula is C15H21NaO5S. The average molecular weight is 336 g/mol. The molecule has 1 aromatic rings. The second-order valence-corrected chi connectivity index (χ2v) is 7.85. The van der Waals surface area contributed by atoms with Crippen molar-refractivity contribution in [3.8, 4) is 5.75 Å². The van der Waals surface area contributed by atoms with E-state index in [1.54, 1.807) is 0 Å². The first kappa shape index (κ1) is 21.6. The predicted molar refractivity (Wildman–Crippen MR) is 77.9 cm³/mol. The van der Waals surface area contributed by atoms with E-state index in [9.17, 15) is 17.8 Å². The molecule has 118 valence electrons. The molecule has 5 nitrogen and oxygen atoms in total. The first-order chi connectivity index (χ1) is 9.47. The average Bonchev–Trinajstić information content (AvgIpc) is 2.25. The van der Waals surface area contributed by atoms with Crippen molar-refractivity contribution in [1.29, 1.82) is 0 Å². The van der Waals surface area contributed by atoms with Crippen LogP contribution in [0.3, 0.4) is 0 Å². The molecule has 1 rings (SSSR count). The Hall–Kier alpha value is -0.400. The normalized spacial score (nSPS) is 13.1. The van der Waals surface area contributed by atoms with E-state index in [-0.39, 0.29) is 57.5 Å². The summed E-state index contributed by atoms with van der Waals surface area (Å²) in [6, 6.07) is 4.86. The van der Waals surface area contributed by atoms with Gasteiger partial charge in [0.15, 0.2) is 0 Å². The van der Waals surface area contributed by atoms with Crippen LogP contribution in [0.15, 0.2) is 29.2 Å². The van der Waals surface area contributed by atoms with E-state index >= 15 is 0 Å². The van der Waals surface area contributed by atoms with Gasteiger partial charge in [-0.05, 0) is 42.0 Å². The quantitative estimate of drug-likeness (QED) is 0.326. The van der Waals surface area contributed by atoms with Gasteiger partial charge in [-0.15, -0.1) is 0 Å².